The number of likely N-dealkylation sites (N-methyl/N-ethyl adjacent to an activating group) is 1. The molecule has 1 fully saturated rings. The molecule has 29 heavy (non-hydrogen) atoms. The lowest BCUT2D eigenvalue weighted by molar-refractivity contribution is 0.312. The zero-order chi connectivity index (χ0) is 19.8. The van der Waals surface area contributed by atoms with Gasteiger partial charge in [-0.2, -0.15) is 0 Å². The maximum atomic E-state index is 5.39. The number of piperazine rings is 1. The fourth-order valence-corrected chi connectivity index (χ4v) is 3.18. The van der Waals surface area contributed by atoms with Gasteiger partial charge in [-0.15, -0.1) is 24.0 Å². The van der Waals surface area contributed by atoms with Crippen molar-refractivity contribution in [1.29, 1.82) is 0 Å². The molecule has 7 nitrogen and oxygen atoms in total. The van der Waals surface area contributed by atoms with Crippen molar-refractivity contribution in [2.75, 3.05) is 52.3 Å². The van der Waals surface area contributed by atoms with E-state index in [0.717, 1.165) is 54.8 Å². The summed E-state index contributed by atoms with van der Waals surface area (Å²) in [5.74, 6) is 2.67. The van der Waals surface area contributed by atoms with E-state index < -0.39 is 0 Å². The molecule has 0 aliphatic carbocycles. The van der Waals surface area contributed by atoms with E-state index in [4.69, 9.17) is 4.74 Å². The van der Waals surface area contributed by atoms with E-state index in [1.807, 2.05) is 30.5 Å². The zero-order valence-corrected chi connectivity index (χ0v) is 19.7. The molecule has 158 valence electrons. The highest BCUT2D eigenvalue weighted by molar-refractivity contribution is 14.0. The Labute approximate surface area is 190 Å². The first-order chi connectivity index (χ1) is 13.7. The van der Waals surface area contributed by atoms with Crippen LogP contribution in [0.15, 0.2) is 47.6 Å². The van der Waals surface area contributed by atoms with Crippen LogP contribution in [0.3, 0.4) is 0 Å². The number of rotatable bonds is 6. The number of pyridine rings is 1. The van der Waals surface area contributed by atoms with Gasteiger partial charge in [0, 0.05) is 58.1 Å². The lowest BCUT2D eigenvalue weighted by Gasteiger charge is -2.33. The van der Waals surface area contributed by atoms with Gasteiger partial charge in [-0.3, -0.25) is 4.99 Å². The SMILES string of the molecule is CN=C(NCc1ccc(N2CCN(C)CC2)nc1)NCc1ccccc1OC.I. The molecular formula is C21H31IN6O. The normalized spacial score (nSPS) is 14.9. The lowest BCUT2D eigenvalue weighted by atomic mass is 10.2. The molecule has 1 aliphatic rings. The van der Waals surface area contributed by atoms with E-state index in [1.54, 1.807) is 14.2 Å². The Hall–Kier alpha value is -2.07. The predicted molar refractivity (Wildman–Crippen MR) is 129 cm³/mol. The van der Waals surface area contributed by atoms with Crippen molar-refractivity contribution >= 4 is 35.8 Å². The van der Waals surface area contributed by atoms with Gasteiger partial charge in [0.25, 0.3) is 0 Å². The third-order valence-corrected chi connectivity index (χ3v) is 4.96. The van der Waals surface area contributed by atoms with Crippen LogP contribution < -0.4 is 20.3 Å². The van der Waals surface area contributed by atoms with Crippen LogP contribution in [-0.4, -0.2) is 63.2 Å². The molecule has 0 saturated carbocycles. The highest BCUT2D eigenvalue weighted by atomic mass is 127. The minimum Gasteiger partial charge on any atom is -0.496 e. The van der Waals surface area contributed by atoms with Gasteiger partial charge in [-0.1, -0.05) is 24.3 Å². The maximum absolute atomic E-state index is 5.39. The number of aromatic nitrogens is 1. The van der Waals surface area contributed by atoms with Gasteiger partial charge in [0.05, 0.1) is 7.11 Å². The fourth-order valence-electron chi connectivity index (χ4n) is 3.18. The summed E-state index contributed by atoms with van der Waals surface area (Å²) >= 11 is 0. The number of aliphatic imine (C=N–C) groups is 1. The van der Waals surface area contributed by atoms with Gasteiger partial charge in [0.1, 0.15) is 11.6 Å². The Morgan fingerprint density at radius 2 is 1.79 bits per heavy atom. The Bertz CT molecular complexity index is 775. The molecule has 0 spiro atoms. The van der Waals surface area contributed by atoms with Gasteiger partial charge in [-0.25, -0.2) is 4.98 Å². The number of hydrogen-bond acceptors (Lipinski definition) is 5. The van der Waals surface area contributed by atoms with Crippen molar-refractivity contribution in [3.05, 3.63) is 53.7 Å². The lowest BCUT2D eigenvalue weighted by Crippen LogP contribution is -2.44. The number of halogens is 1. The first-order valence-electron chi connectivity index (χ1n) is 9.64. The molecule has 3 rings (SSSR count). The number of ether oxygens (including phenoxy) is 1. The molecular weight excluding hydrogens is 479 g/mol. The molecule has 2 N–H and O–H groups in total. The molecule has 2 aromatic rings. The molecule has 8 heteroatoms. The minimum atomic E-state index is 0. The van der Waals surface area contributed by atoms with Crippen molar-refractivity contribution < 1.29 is 4.74 Å². The summed E-state index contributed by atoms with van der Waals surface area (Å²) in [4.78, 5) is 13.6. The average molecular weight is 510 g/mol. The van der Waals surface area contributed by atoms with E-state index in [0.29, 0.717) is 13.1 Å². The molecule has 0 bridgehead atoms. The van der Waals surface area contributed by atoms with Crippen molar-refractivity contribution in [2.45, 2.75) is 13.1 Å². The number of guanidine groups is 1. The van der Waals surface area contributed by atoms with Crippen molar-refractivity contribution in [2.24, 2.45) is 4.99 Å². The molecule has 1 saturated heterocycles. The van der Waals surface area contributed by atoms with Gasteiger partial charge in [0.2, 0.25) is 0 Å². The Morgan fingerprint density at radius 1 is 1.07 bits per heavy atom. The second kappa shape index (κ2) is 11.8. The van der Waals surface area contributed by atoms with E-state index in [-0.39, 0.29) is 24.0 Å². The highest BCUT2D eigenvalue weighted by Crippen LogP contribution is 2.16. The number of hydrogen-bond donors (Lipinski definition) is 2. The van der Waals surface area contributed by atoms with Crippen LogP contribution in [0, 0.1) is 0 Å². The standard InChI is InChI=1S/C21H30N6O.HI/c1-22-21(25-16-18-6-4-5-7-19(18)28-3)24-15-17-8-9-20(23-14-17)27-12-10-26(2)11-13-27;/h4-9,14H,10-13,15-16H2,1-3H3,(H2,22,24,25);1H. The van der Waals surface area contributed by atoms with E-state index >= 15 is 0 Å². The number of nitrogens with zero attached hydrogens (tertiary/aromatic N) is 4. The van der Waals surface area contributed by atoms with Gasteiger partial charge in [0.15, 0.2) is 5.96 Å². The first kappa shape index (κ1) is 23.2. The summed E-state index contributed by atoms with van der Waals surface area (Å²) in [7, 11) is 5.62. The van der Waals surface area contributed by atoms with Crippen LogP contribution in [0.4, 0.5) is 5.82 Å². The fraction of sp³-hybridized carbons (Fsp3) is 0.429. The molecule has 1 aliphatic heterocycles. The van der Waals surface area contributed by atoms with E-state index in [1.165, 1.54) is 0 Å². The third-order valence-electron chi connectivity index (χ3n) is 4.96. The summed E-state index contributed by atoms with van der Waals surface area (Å²) in [5, 5.41) is 6.66. The number of nitrogens with one attached hydrogen (secondary N) is 2. The quantitative estimate of drug-likeness (QED) is 0.354. The summed E-state index contributed by atoms with van der Waals surface area (Å²) in [5.41, 5.74) is 2.21. The molecule has 0 radical (unpaired) electrons. The van der Waals surface area contributed by atoms with E-state index in [9.17, 15) is 0 Å². The molecule has 1 aromatic carbocycles. The zero-order valence-electron chi connectivity index (χ0n) is 17.4. The molecule has 2 heterocycles. The summed E-state index contributed by atoms with van der Waals surface area (Å²) in [6, 6.07) is 12.2. The largest absolute Gasteiger partial charge is 0.496 e. The van der Waals surface area contributed by atoms with Crippen LogP contribution in [0.25, 0.3) is 0 Å². The second-order valence-electron chi connectivity index (χ2n) is 6.91. The topological polar surface area (TPSA) is 65.0 Å². The van der Waals surface area contributed by atoms with Crippen molar-refractivity contribution in [1.82, 2.24) is 20.5 Å². The highest BCUT2D eigenvalue weighted by Gasteiger charge is 2.14. The molecule has 0 amide bonds. The second-order valence-corrected chi connectivity index (χ2v) is 6.91. The molecule has 0 atom stereocenters. The van der Waals surface area contributed by atoms with Crippen LogP contribution in [0.5, 0.6) is 5.75 Å². The molecule has 1 aromatic heterocycles. The van der Waals surface area contributed by atoms with Gasteiger partial charge < -0.3 is 25.2 Å². The number of anilines is 1. The number of benzene rings is 1. The Kier molecular flexibility index (Phi) is 9.46. The third kappa shape index (κ3) is 6.74. The van der Waals surface area contributed by atoms with Crippen molar-refractivity contribution in [3.8, 4) is 5.75 Å². The van der Waals surface area contributed by atoms with Gasteiger partial charge >= 0.3 is 0 Å². The average Bonchev–Trinajstić information content (AvgIpc) is 2.75. The number of para-hydroxylation sites is 1. The molecule has 0 unspecified atom stereocenters. The maximum Gasteiger partial charge on any atom is 0.191 e. The monoisotopic (exact) mass is 510 g/mol. The summed E-state index contributed by atoms with van der Waals surface area (Å²) in [6.07, 6.45) is 1.94. The van der Waals surface area contributed by atoms with E-state index in [2.05, 4.69) is 49.6 Å². The Balaban J connectivity index is 0.00000300. The van der Waals surface area contributed by atoms with Crippen LogP contribution in [0.2, 0.25) is 0 Å². The smallest absolute Gasteiger partial charge is 0.191 e. The summed E-state index contributed by atoms with van der Waals surface area (Å²) < 4.78 is 5.39. The summed E-state index contributed by atoms with van der Waals surface area (Å²) in [6.45, 7) is 5.53. The first-order valence-corrected chi connectivity index (χ1v) is 9.64. The van der Waals surface area contributed by atoms with Gasteiger partial charge in [-0.05, 0) is 24.7 Å². The van der Waals surface area contributed by atoms with Crippen LogP contribution >= 0.6 is 24.0 Å². The van der Waals surface area contributed by atoms with Crippen LogP contribution in [-0.2, 0) is 13.1 Å². The van der Waals surface area contributed by atoms with Crippen LogP contribution in [0.1, 0.15) is 11.1 Å². The predicted octanol–water partition coefficient (Wildman–Crippen LogP) is 2.33. The van der Waals surface area contributed by atoms with Crippen molar-refractivity contribution in [3.63, 3.8) is 0 Å². The Morgan fingerprint density at radius 3 is 2.45 bits per heavy atom. The minimum absolute atomic E-state index is 0. The number of methoxy groups -OCH3 is 1.